The molecule has 2 heteroatoms. The van der Waals surface area contributed by atoms with Crippen LogP contribution in [0, 0.1) is 0 Å². The molecule has 0 unspecified atom stereocenters. The summed E-state index contributed by atoms with van der Waals surface area (Å²) >= 11 is 0. The van der Waals surface area contributed by atoms with Crippen LogP contribution in [-0.2, 0) is 10.8 Å². The second-order valence-corrected chi connectivity index (χ2v) is 8.01. The minimum absolute atomic E-state index is 0.208. The molecule has 0 saturated heterocycles. The minimum Gasteiger partial charge on any atom is -0.398 e. The van der Waals surface area contributed by atoms with Gasteiger partial charge in [0.05, 0.1) is 0 Å². The molecule has 0 spiro atoms. The Labute approximate surface area is 156 Å². The minimum atomic E-state index is -0.208. The van der Waals surface area contributed by atoms with Gasteiger partial charge < -0.3 is 11.5 Å². The lowest BCUT2D eigenvalue weighted by molar-refractivity contribution is 0.621. The Morgan fingerprint density at radius 1 is 0.538 bits per heavy atom. The highest BCUT2D eigenvalue weighted by Crippen LogP contribution is 2.42. The van der Waals surface area contributed by atoms with Gasteiger partial charge in [-0.05, 0) is 34.4 Å². The second-order valence-electron chi connectivity index (χ2n) is 8.01. The Balaban J connectivity index is 2.17. The zero-order chi connectivity index (χ0) is 18.9. The summed E-state index contributed by atoms with van der Waals surface area (Å²) in [6, 6.07) is 25.1. The Kier molecular flexibility index (Phi) is 4.53. The maximum atomic E-state index is 6.42. The average Bonchev–Trinajstić information content (AvgIpc) is 2.62. The zero-order valence-corrected chi connectivity index (χ0v) is 16.1. The zero-order valence-electron chi connectivity index (χ0n) is 16.1. The third-order valence-electron chi connectivity index (χ3n) is 5.56. The molecule has 0 radical (unpaired) electrons. The van der Waals surface area contributed by atoms with Gasteiger partial charge in [-0.2, -0.15) is 0 Å². The molecule has 134 valence electrons. The van der Waals surface area contributed by atoms with E-state index >= 15 is 0 Å². The van der Waals surface area contributed by atoms with Crippen LogP contribution < -0.4 is 11.5 Å². The maximum Gasteiger partial charge on any atom is 0.0376 e. The molecule has 0 heterocycles. The molecule has 3 aromatic rings. The lowest BCUT2D eigenvalue weighted by Gasteiger charge is -2.33. The fourth-order valence-corrected chi connectivity index (χ4v) is 3.74. The monoisotopic (exact) mass is 344 g/mol. The van der Waals surface area contributed by atoms with E-state index in [1.807, 2.05) is 18.2 Å². The first-order valence-electron chi connectivity index (χ1n) is 9.05. The number of nitrogens with two attached hydrogens (primary N) is 2. The van der Waals surface area contributed by atoms with E-state index in [9.17, 15) is 0 Å². The molecule has 0 aliphatic heterocycles. The van der Waals surface area contributed by atoms with Crippen LogP contribution in [0.15, 0.2) is 72.8 Å². The van der Waals surface area contributed by atoms with Crippen molar-refractivity contribution in [3.8, 4) is 0 Å². The molecule has 0 bridgehead atoms. The molecule has 3 aromatic carbocycles. The van der Waals surface area contributed by atoms with E-state index in [4.69, 9.17) is 11.5 Å². The molecular formula is C24H28N2. The summed E-state index contributed by atoms with van der Waals surface area (Å²) in [6.07, 6.45) is 0. The van der Waals surface area contributed by atoms with E-state index in [2.05, 4.69) is 82.3 Å². The number of rotatable bonds is 4. The summed E-state index contributed by atoms with van der Waals surface area (Å²) in [5.41, 5.74) is 18.6. The summed E-state index contributed by atoms with van der Waals surface area (Å²) in [4.78, 5) is 0. The van der Waals surface area contributed by atoms with Crippen molar-refractivity contribution in [2.75, 3.05) is 11.5 Å². The lowest BCUT2D eigenvalue weighted by atomic mass is 9.72. The highest BCUT2D eigenvalue weighted by molar-refractivity contribution is 5.67. The molecule has 0 aliphatic carbocycles. The molecule has 0 aliphatic rings. The van der Waals surface area contributed by atoms with E-state index in [1.165, 1.54) is 11.1 Å². The van der Waals surface area contributed by atoms with Gasteiger partial charge in [-0.1, -0.05) is 88.4 Å². The highest BCUT2D eigenvalue weighted by Gasteiger charge is 2.31. The van der Waals surface area contributed by atoms with Crippen LogP contribution in [0.25, 0.3) is 0 Å². The van der Waals surface area contributed by atoms with E-state index < -0.39 is 0 Å². The molecular weight excluding hydrogens is 316 g/mol. The fourth-order valence-electron chi connectivity index (χ4n) is 3.74. The molecule has 0 saturated carbocycles. The normalized spacial score (nSPS) is 12.2. The average molecular weight is 345 g/mol. The number of benzene rings is 3. The van der Waals surface area contributed by atoms with Gasteiger partial charge in [-0.25, -0.2) is 0 Å². The number of hydrogen-bond donors (Lipinski definition) is 2. The van der Waals surface area contributed by atoms with Crippen molar-refractivity contribution in [2.45, 2.75) is 38.5 Å². The molecule has 26 heavy (non-hydrogen) atoms. The SMILES string of the molecule is CC(C)(c1ccccc1)c1cc(C(C)(C)c2ccccc2)c(N)cc1N. The van der Waals surface area contributed by atoms with Crippen molar-refractivity contribution in [3.63, 3.8) is 0 Å². The first-order chi connectivity index (χ1) is 12.2. The summed E-state index contributed by atoms with van der Waals surface area (Å²) < 4.78 is 0. The molecule has 0 aromatic heterocycles. The van der Waals surface area contributed by atoms with Crippen molar-refractivity contribution in [1.29, 1.82) is 0 Å². The number of anilines is 2. The highest BCUT2D eigenvalue weighted by atomic mass is 14.6. The molecule has 0 amide bonds. The van der Waals surface area contributed by atoms with Crippen molar-refractivity contribution in [2.24, 2.45) is 0 Å². The van der Waals surface area contributed by atoms with Gasteiger partial charge in [0.25, 0.3) is 0 Å². The molecule has 3 rings (SSSR count). The van der Waals surface area contributed by atoms with Crippen LogP contribution >= 0.6 is 0 Å². The third-order valence-corrected chi connectivity index (χ3v) is 5.56. The first-order valence-corrected chi connectivity index (χ1v) is 9.05. The summed E-state index contributed by atoms with van der Waals surface area (Å²) in [5, 5.41) is 0. The van der Waals surface area contributed by atoms with Gasteiger partial charge in [0, 0.05) is 22.2 Å². The quantitative estimate of drug-likeness (QED) is 0.614. The van der Waals surface area contributed by atoms with E-state index in [0.717, 1.165) is 22.5 Å². The van der Waals surface area contributed by atoms with Crippen LogP contribution in [0.5, 0.6) is 0 Å². The predicted octanol–water partition coefficient (Wildman–Crippen LogP) is 5.50. The maximum absolute atomic E-state index is 6.42. The van der Waals surface area contributed by atoms with Crippen LogP contribution in [0.3, 0.4) is 0 Å². The fraction of sp³-hybridized carbons (Fsp3) is 0.250. The van der Waals surface area contributed by atoms with Crippen LogP contribution in [-0.4, -0.2) is 0 Å². The van der Waals surface area contributed by atoms with Crippen LogP contribution in [0.2, 0.25) is 0 Å². The lowest BCUT2D eigenvalue weighted by Crippen LogP contribution is -2.25. The Bertz CT molecular complexity index is 822. The largest absolute Gasteiger partial charge is 0.398 e. The van der Waals surface area contributed by atoms with Crippen molar-refractivity contribution in [3.05, 3.63) is 95.1 Å². The molecule has 2 nitrogen and oxygen atoms in total. The number of nitrogen functional groups attached to an aromatic ring is 2. The molecule has 0 fully saturated rings. The van der Waals surface area contributed by atoms with Gasteiger partial charge in [0.1, 0.15) is 0 Å². The van der Waals surface area contributed by atoms with Gasteiger partial charge in [0.15, 0.2) is 0 Å². The van der Waals surface area contributed by atoms with E-state index in [0.29, 0.717) is 0 Å². The topological polar surface area (TPSA) is 52.0 Å². The first kappa shape index (κ1) is 18.1. The summed E-state index contributed by atoms with van der Waals surface area (Å²) in [6.45, 7) is 8.85. The third kappa shape index (κ3) is 3.08. The van der Waals surface area contributed by atoms with Gasteiger partial charge in [-0.3, -0.25) is 0 Å². The van der Waals surface area contributed by atoms with Gasteiger partial charge in [-0.15, -0.1) is 0 Å². The van der Waals surface area contributed by atoms with Gasteiger partial charge >= 0.3 is 0 Å². The van der Waals surface area contributed by atoms with Crippen LogP contribution in [0.4, 0.5) is 11.4 Å². The number of hydrogen-bond acceptors (Lipinski definition) is 2. The predicted molar refractivity (Wildman–Crippen MR) is 112 cm³/mol. The smallest absolute Gasteiger partial charge is 0.0376 e. The Hall–Kier alpha value is -2.74. The summed E-state index contributed by atoms with van der Waals surface area (Å²) in [5.74, 6) is 0. The van der Waals surface area contributed by atoms with Crippen LogP contribution in [0.1, 0.15) is 49.9 Å². The van der Waals surface area contributed by atoms with Gasteiger partial charge in [0.2, 0.25) is 0 Å². The standard InChI is InChI=1S/C24H28N2/c1-23(2,17-11-7-5-8-12-17)19-15-20(22(26)16-21(19)25)24(3,4)18-13-9-6-10-14-18/h5-16H,25-26H2,1-4H3. The van der Waals surface area contributed by atoms with Crippen molar-refractivity contribution < 1.29 is 0 Å². The summed E-state index contributed by atoms with van der Waals surface area (Å²) in [7, 11) is 0. The Morgan fingerprint density at radius 2 is 0.885 bits per heavy atom. The van der Waals surface area contributed by atoms with E-state index in [1.54, 1.807) is 0 Å². The van der Waals surface area contributed by atoms with Crippen molar-refractivity contribution >= 4 is 11.4 Å². The van der Waals surface area contributed by atoms with E-state index in [-0.39, 0.29) is 10.8 Å². The second kappa shape index (κ2) is 6.53. The van der Waals surface area contributed by atoms with Crippen molar-refractivity contribution in [1.82, 2.24) is 0 Å². The Morgan fingerprint density at radius 3 is 1.23 bits per heavy atom. The molecule has 4 N–H and O–H groups in total. The molecule has 0 atom stereocenters.